The normalized spacial score (nSPS) is 22.7. The number of carboxylic acid groups (broad SMARTS) is 2. The summed E-state index contributed by atoms with van der Waals surface area (Å²) in [4.78, 5) is 25.6. The average molecular weight is 385 g/mol. The lowest BCUT2D eigenvalue weighted by Gasteiger charge is -2.40. The molecule has 144 valence electrons. The van der Waals surface area contributed by atoms with Crippen molar-refractivity contribution in [1.82, 2.24) is 9.88 Å². The first-order valence-corrected chi connectivity index (χ1v) is 8.67. The van der Waals surface area contributed by atoms with Crippen LogP contribution in [0.1, 0.15) is 31.4 Å². The Labute approximate surface area is 157 Å². The van der Waals surface area contributed by atoms with Gasteiger partial charge >= 0.3 is 11.9 Å². The smallest absolute Gasteiger partial charge is 0.328 e. The SMILES string of the molecule is CN(C)CC1CCCCC1(O)c1cccc(Cl)n1.O=C(O)/C=C\C(=O)O. The predicted octanol–water partition coefficient (Wildman–Crippen LogP) is 2.39. The quantitative estimate of drug-likeness (QED) is 0.528. The zero-order valence-corrected chi connectivity index (χ0v) is 15.7. The lowest BCUT2D eigenvalue weighted by Crippen LogP contribution is -2.43. The Balaban J connectivity index is 0.000000359. The fraction of sp³-hybridized carbons (Fsp3) is 0.500. The summed E-state index contributed by atoms with van der Waals surface area (Å²) in [5.41, 5.74) is -0.102. The molecule has 1 fully saturated rings. The number of aromatic nitrogens is 1. The molecule has 0 saturated heterocycles. The van der Waals surface area contributed by atoms with Crippen LogP contribution >= 0.6 is 11.6 Å². The van der Waals surface area contributed by atoms with Crippen molar-refractivity contribution in [2.24, 2.45) is 5.92 Å². The van der Waals surface area contributed by atoms with Crippen molar-refractivity contribution in [2.45, 2.75) is 31.3 Å². The number of halogens is 1. The van der Waals surface area contributed by atoms with E-state index in [9.17, 15) is 14.7 Å². The van der Waals surface area contributed by atoms with E-state index >= 15 is 0 Å². The Morgan fingerprint density at radius 2 is 1.88 bits per heavy atom. The van der Waals surface area contributed by atoms with Crippen LogP contribution in [0.5, 0.6) is 0 Å². The molecule has 2 atom stereocenters. The molecular weight excluding hydrogens is 360 g/mol. The van der Waals surface area contributed by atoms with Crippen LogP contribution in [0, 0.1) is 5.92 Å². The maximum absolute atomic E-state index is 11.0. The van der Waals surface area contributed by atoms with Gasteiger partial charge in [0.05, 0.1) is 5.69 Å². The minimum absolute atomic E-state index is 0.229. The van der Waals surface area contributed by atoms with Gasteiger partial charge in [0, 0.05) is 24.6 Å². The molecule has 0 aliphatic heterocycles. The van der Waals surface area contributed by atoms with Crippen molar-refractivity contribution in [3.05, 3.63) is 41.2 Å². The Morgan fingerprint density at radius 1 is 1.27 bits per heavy atom. The molecule has 1 aliphatic carbocycles. The molecule has 3 N–H and O–H groups in total. The van der Waals surface area contributed by atoms with Gasteiger partial charge in [0.25, 0.3) is 0 Å². The number of rotatable bonds is 5. The number of carboxylic acids is 2. The van der Waals surface area contributed by atoms with E-state index in [0.717, 1.165) is 31.5 Å². The molecule has 0 radical (unpaired) electrons. The third-order valence-corrected chi connectivity index (χ3v) is 4.36. The highest BCUT2D eigenvalue weighted by Gasteiger charge is 2.41. The summed E-state index contributed by atoms with van der Waals surface area (Å²) < 4.78 is 0. The Hall–Kier alpha value is -1.96. The molecule has 0 aromatic carbocycles. The summed E-state index contributed by atoms with van der Waals surface area (Å²) in [6, 6.07) is 5.50. The number of pyridine rings is 1. The van der Waals surface area contributed by atoms with Crippen LogP contribution < -0.4 is 0 Å². The first-order chi connectivity index (χ1) is 12.1. The van der Waals surface area contributed by atoms with Crippen LogP contribution in [-0.2, 0) is 15.2 Å². The first kappa shape index (κ1) is 22.1. The molecule has 7 nitrogen and oxygen atoms in total. The van der Waals surface area contributed by atoms with Crippen LogP contribution in [-0.4, -0.2) is 57.8 Å². The second-order valence-electron chi connectivity index (χ2n) is 6.48. The number of aliphatic carboxylic acids is 2. The van der Waals surface area contributed by atoms with Crippen LogP contribution in [0.4, 0.5) is 0 Å². The maximum Gasteiger partial charge on any atom is 0.328 e. The Kier molecular flexibility index (Phi) is 8.71. The highest BCUT2D eigenvalue weighted by molar-refractivity contribution is 6.29. The topological polar surface area (TPSA) is 111 Å². The Bertz CT molecular complexity index is 634. The van der Waals surface area contributed by atoms with Gasteiger partial charge in [0.1, 0.15) is 10.8 Å². The zero-order valence-electron chi connectivity index (χ0n) is 14.9. The molecule has 8 heteroatoms. The second kappa shape index (κ2) is 10.3. The van der Waals surface area contributed by atoms with Crippen molar-refractivity contribution in [2.75, 3.05) is 20.6 Å². The average Bonchev–Trinajstić information content (AvgIpc) is 2.55. The van der Waals surface area contributed by atoms with E-state index in [0.29, 0.717) is 17.3 Å². The van der Waals surface area contributed by atoms with E-state index in [-0.39, 0.29) is 5.92 Å². The van der Waals surface area contributed by atoms with Crippen LogP contribution in [0.2, 0.25) is 5.15 Å². The van der Waals surface area contributed by atoms with Gasteiger partial charge in [-0.1, -0.05) is 30.5 Å². The molecule has 2 unspecified atom stereocenters. The fourth-order valence-electron chi connectivity index (χ4n) is 3.04. The van der Waals surface area contributed by atoms with Crippen molar-refractivity contribution in [3.63, 3.8) is 0 Å². The van der Waals surface area contributed by atoms with E-state index in [1.807, 2.05) is 26.2 Å². The van der Waals surface area contributed by atoms with Crippen molar-refractivity contribution in [3.8, 4) is 0 Å². The summed E-state index contributed by atoms with van der Waals surface area (Å²) in [5.74, 6) is -2.29. The van der Waals surface area contributed by atoms with Gasteiger partial charge in [-0.25, -0.2) is 14.6 Å². The molecule has 1 aliphatic rings. The number of carbonyl (C=O) groups is 2. The maximum atomic E-state index is 11.0. The van der Waals surface area contributed by atoms with Gasteiger partial charge in [-0.3, -0.25) is 0 Å². The molecule has 1 saturated carbocycles. The first-order valence-electron chi connectivity index (χ1n) is 8.29. The van der Waals surface area contributed by atoms with Gasteiger partial charge in [0.15, 0.2) is 0 Å². The van der Waals surface area contributed by atoms with Crippen LogP contribution in [0.15, 0.2) is 30.4 Å². The predicted molar refractivity (Wildman–Crippen MR) is 98.1 cm³/mol. The third-order valence-electron chi connectivity index (χ3n) is 4.15. The van der Waals surface area contributed by atoms with Crippen LogP contribution in [0.25, 0.3) is 0 Å². The van der Waals surface area contributed by atoms with E-state index in [2.05, 4.69) is 9.88 Å². The zero-order chi connectivity index (χ0) is 19.7. The summed E-state index contributed by atoms with van der Waals surface area (Å²) >= 11 is 5.95. The standard InChI is InChI=1S/C14H21ClN2O.C4H4O4/c1-17(2)10-11-6-3-4-9-14(11,18)12-7-5-8-13(15)16-12;5-3(6)1-2-4(7)8/h5,7-8,11,18H,3-4,6,9-10H2,1-2H3;1-2H,(H,5,6)(H,7,8)/b;2-1-. The summed E-state index contributed by atoms with van der Waals surface area (Å²) in [6.07, 6.45) is 5.17. The molecule has 0 spiro atoms. The second-order valence-corrected chi connectivity index (χ2v) is 6.87. The van der Waals surface area contributed by atoms with Gasteiger partial charge < -0.3 is 20.2 Å². The van der Waals surface area contributed by atoms with E-state index < -0.39 is 17.5 Å². The lowest BCUT2D eigenvalue weighted by molar-refractivity contribution is -0.134. The minimum atomic E-state index is -1.26. The minimum Gasteiger partial charge on any atom is -0.478 e. The molecule has 26 heavy (non-hydrogen) atoms. The molecule has 2 rings (SSSR count). The van der Waals surface area contributed by atoms with E-state index in [4.69, 9.17) is 21.8 Å². The molecule has 0 bridgehead atoms. The number of nitrogens with zero attached hydrogens (tertiary/aromatic N) is 2. The van der Waals surface area contributed by atoms with E-state index in [1.165, 1.54) is 6.42 Å². The monoisotopic (exact) mass is 384 g/mol. The molecular formula is C18H25ClN2O5. The van der Waals surface area contributed by atoms with Crippen molar-refractivity contribution < 1.29 is 24.9 Å². The van der Waals surface area contributed by atoms with Gasteiger partial charge in [-0.05, 0) is 39.1 Å². The van der Waals surface area contributed by atoms with Gasteiger partial charge in [-0.2, -0.15) is 0 Å². The summed E-state index contributed by atoms with van der Waals surface area (Å²) in [6.45, 7) is 0.880. The number of hydrogen-bond donors (Lipinski definition) is 3. The molecule has 1 aromatic rings. The van der Waals surface area contributed by atoms with Crippen molar-refractivity contribution in [1.29, 1.82) is 0 Å². The van der Waals surface area contributed by atoms with Crippen molar-refractivity contribution >= 4 is 23.5 Å². The van der Waals surface area contributed by atoms with Gasteiger partial charge in [0.2, 0.25) is 0 Å². The lowest BCUT2D eigenvalue weighted by atomic mass is 9.73. The molecule has 0 amide bonds. The summed E-state index contributed by atoms with van der Waals surface area (Å²) in [5, 5.41) is 27.1. The number of hydrogen-bond acceptors (Lipinski definition) is 5. The molecule has 1 aromatic heterocycles. The van der Waals surface area contributed by atoms with Gasteiger partial charge in [-0.15, -0.1) is 0 Å². The van der Waals surface area contributed by atoms with Crippen LogP contribution in [0.3, 0.4) is 0 Å². The summed E-state index contributed by atoms with van der Waals surface area (Å²) in [7, 11) is 4.08. The third kappa shape index (κ3) is 7.11. The number of aliphatic hydroxyl groups is 1. The largest absolute Gasteiger partial charge is 0.478 e. The highest BCUT2D eigenvalue weighted by atomic mass is 35.5. The van der Waals surface area contributed by atoms with E-state index in [1.54, 1.807) is 6.07 Å². The highest BCUT2D eigenvalue weighted by Crippen LogP contribution is 2.41. The fourth-order valence-corrected chi connectivity index (χ4v) is 3.20. The Morgan fingerprint density at radius 3 is 2.38 bits per heavy atom. The molecule has 1 heterocycles.